The first kappa shape index (κ1) is 14.3. The van der Waals surface area contributed by atoms with Gasteiger partial charge in [-0.1, -0.05) is 25.1 Å². The topological polar surface area (TPSA) is 71.2 Å². The van der Waals surface area contributed by atoms with Gasteiger partial charge in [-0.05, 0) is 25.5 Å². The summed E-state index contributed by atoms with van der Waals surface area (Å²) in [5.74, 6) is 5.91. The van der Waals surface area contributed by atoms with Crippen LogP contribution in [0.2, 0.25) is 0 Å². The first-order valence-corrected chi connectivity index (χ1v) is 6.72. The van der Waals surface area contributed by atoms with Crippen molar-refractivity contribution in [3.8, 4) is 0 Å². The van der Waals surface area contributed by atoms with E-state index in [0.717, 1.165) is 17.3 Å². The molecule has 1 atom stereocenters. The third kappa shape index (κ3) is 2.58. The quantitative estimate of drug-likeness (QED) is 0.662. The minimum absolute atomic E-state index is 0.0190. The summed E-state index contributed by atoms with van der Waals surface area (Å²) in [5, 5.41) is 0.839. The summed E-state index contributed by atoms with van der Waals surface area (Å²) in [4.78, 5) is 18.8. The lowest BCUT2D eigenvalue weighted by molar-refractivity contribution is 0.0742. The number of nitrogens with two attached hydrogens (primary N) is 1. The number of nitrogen functional groups attached to an aromatic ring is 1. The van der Waals surface area contributed by atoms with Crippen LogP contribution in [0.1, 0.15) is 30.6 Å². The molecular weight excluding hydrogens is 252 g/mol. The predicted molar refractivity (Wildman–Crippen MR) is 81.4 cm³/mol. The van der Waals surface area contributed by atoms with Crippen LogP contribution in [0.5, 0.6) is 0 Å². The van der Waals surface area contributed by atoms with Gasteiger partial charge in [0.25, 0.3) is 5.91 Å². The molecule has 0 aliphatic rings. The third-order valence-corrected chi connectivity index (χ3v) is 3.67. The molecule has 0 saturated carbocycles. The number of hydrazine groups is 1. The van der Waals surface area contributed by atoms with Crippen LogP contribution in [-0.4, -0.2) is 28.9 Å². The SMILES string of the molecule is CCC(C)N(C)C(=O)c1cc(NN)nc2ccccc12. The zero-order valence-electron chi connectivity index (χ0n) is 12.1. The van der Waals surface area contributed by atoms with E-state index in [-0.39, 0.29) is 11.9 Å². The number of rotatable bonds is 4. The molecule has 1 amide bonds. The van der Waals surface area contributed by atoms with Crippen LogP contribution in [0.3, 0.4) is 0 Å². The van der Waals surface area contributed by atoms with Crippen molar-refractivity contribution < 1.29 is 4.79 Å². The molecule has 1 aromatic carbocycles. The predicted octanol–water partition coefficient (Wildman–Crippen LogP) is 2.39. The highest BCUT2D eigenvalue weighted by molar-refractivity contribution is 6.06. The molecule has 106 valence electrons. The van der Waals surface area contributed by atoms with Gasteiger partial charge in [0.15, 0.2) is 0 Å². The second kappa shape index (κ2) is 5.88. The van der Waals surface area contributed by atoms with Crippen LogP contribution >= 0.6 is 0 Å². The molecule has 2 rings (SSSR count). The number of carbonyl (C=O) groups excluding carboxylic acids is 1. The summed E-state index contributed by atoms with van der Waals surface area (Å²) in [6.45, 7) is 4.09. The van der Waals surface area contributed by atoms with E-state index in [0.29, 0.717) is 11.4 Å². The van der Waals surface area contributed by atoms with Crippen LogP contribution in [0.15, 0.2) is 30.3 Å². The van der Waals surface area contributed by atoms with Crippen molar-refractivity contribution in [2.75, 3.05) is 12.5 Å². The van der Waals surface area contributed by atoms with Crippen molar-refractivity contribution in [2.24, 2.45) is 5.84 Å². The lowest BCUT2D eigenvalue weighted by Crippen LogP contribution is -2.34. The highest BCUT2D eigenvalue weighted by Crippen LogP contribution is 2.22. The Morgan fingerprint density at radius 2 is 2.15 bits per heavy atom. The van der Waals surface area contributed by atoms with Gasteiger partial charge in [0, 0.05) is 18.5 Å². The number of nitrogens with one attached hydrogen (secondary N) is 1. The third-order valence-electron chi connectivity index (χ3n) is 3.67. The van der Waals surface area contributed by atoms with E-state index in [4.69, 9.17) is 5.84 Å². The second-order valence-corrected chi connectivity index (χ2v) is 4.89. The minimum Gasteiger partial charge on any atom is -0.339 e. The van der Waals surface area contributed by atoms with E-state index >= 15 is 0 Å². The molecule has 0 bridgehead atoms. The maximum Gasteiger partial charge on any atom is 0.254 e. The number of anilines is 1. The molecule has 2 aromatic rings. The Balaban J connectivity index is 2.54. The maximum atomic E-state index is 12.7. The first-order chi connectivity index (χ1) is 9.58. The Labute approximate surface area is 118 Å². The lowest BCUT2D eigenvalue weighted by atomic mass is 10.1. The van der Waals surface area contributed by atoms with Gasteiger partial charge in [-0.25, -0.2) is 10.8 Å². The van der Waals surface area contributed by atoms with Gasteiger partial charge in [-0.3, -0.25) is 4.79 Å². The number of fused-ring (bicyclic) bond motifs is 1. The van der Waals surface area contributed by atoms with Crippen molar-refractivity contribution in [2.45, 2.75) is 26.3 Å². The molecule has 1 aromatic heterocycles. The Kier molecular flexibility index (Phi) is 4.20. The maximum absolute atomic E-state index is 12.7. The van der Waals surface area contributed by atoms with Crippen molar-refractivity contribution in [3.63, 3.8) is 0 Å². The lowest BCUT2D eigenvalue weighted by Gasteiger charge is -2.24. The Morgan fingerprint density at radius 3 is 2.80 bits per heavy atom. The summed E-state index contributed by atoms with van der Waals surface area (Å²) < 4.78 is 0. The summed E-state index contributed by atoms with van der Waals surface area (Å²) in [5.41, 5.74) is 3.89. The number of para-hydroxylation sites is 1. The van der Waals surface area contributed by atoms with E-state index < -0.39 is 0 Å². The number of aromatic nitrogens is 1. The smallest absolute Gasteiger partial charge is 0.254 e. The number of nitrogens with zero attached hydrogens (tertiary/aromatic N) is 2. The molecular formula is C15H20N4O. The fourth-order valence-corrected chi connectivity index (χ4v) is 2.09. The summed E-state index contributed by atoms with van der Waals surface area (Å²) >= 11 is 0. The van der Waals surface area contributed by atoms with Gasteiger partial charge < -0.3 is 10.3 Å². The molecule has 5 heteroatoms. The van der Waals surface area contributed by atoms with E-state index in [2.05, 4.69) is 17.3 Å². The standard InChI is InChI=1S/C15H20N4O/c1-4-10(2)19(3)15(20)12-9-14(18-16)17-13-8-6-5-7-11(12)13/h5-10H,4,16H2,1-3H3,(H,17,18). The second-order valence-electron chi connectivity index (χ2n) is 4.89. The first-order valence-electron chi connectivity index (χ1n) is 6.72. The highest BCUT2D eigenvalue weighted by atomic mass is 16.2. The van der Waals surface area contributed by atoms with Crippen molar-refractivity contribution in [1.82, 2.24) is 9.88 Å². The molecule has 5 nitrogen and oxygen atoms in total. The number of hydrogen-bond donors (Lipinski definition) is 2. The van der Waals surface area contributed by atoms with E-state index in [1.54, 1.807) is 11.0 Å². The molecule has 0 aliphatic carbocycles. The summed E-state index contributed by atoms with van der Waals surface area (Å²) in [6, 6.07) is 9.45. The van der Waals surface area contributed by atoms with E-state index in [9.17, 15) is 4.79 Å². The normalized spacial score (nSPS) is 12.2. The Morgan fingerprint density at radius 1 is 1.45 bits per heavy atom. The van der Waals surface area contributed by atoms with Gasteiger partial charge in [0.1, 0.15) is 5.82 Å². The molecule has 0 saturated heterocycles. The number of hydrogen-bond acceptors (Lipinski definition) is 4. The Bertz CT molecular complexity index is 626. The molecule has 1 heterocycles. The molecule has 0 spiro atoms. The van der Waals surface area contributed by atoms with Gasteiger partial charge in [0.05, 0.1) is 11.1 Å². The van der Waals surface area contributed by atoms with Crippen molar-refractivity contribution in [1.29, 1.82) is 0 Å². The molecule has 1 unspecified atom stereocenters. The van der Waals surface area contributed by atoms with Gasteiger partial charge in [-0.15, -0.1) is 0 Å². The van der Waals surface area contributed by atoms with E-state index in [1.165, 1.54) is 0 Å². The van der Waals surface area contributed by atoms with Crippen LogP contribution < -0.4 is 11.3 Å². The number of carbonyl (C=O) groups is 1. The monoisotopic (exact) mass is 272 g/mol. The van der Waals surface area contributed by atoms with Crippen LogP contribution in [0, 0.1) is 0 Å². The fraction of sp³-hybridized carbons (Fsp3) is 0.333. The molecule has 3 N–H and O–H groups in total. The van der Waals surface area contributed by atoms with Crippen LogP contribution in [-0.2, 0) is 0 Å². The molecule has 0 fully saturated rings. The highest BCUT2D eigenvalue weighted by Gasteiger charge is 2.19. The zero-order chi connectivity index (χ0) is 14.7. The number of pyridine rings is 1. The van der Waals surface area contributed by atoms with Crippen LogP contribution in [0.4, 0.5) is 5.82 Å². The van der Waals surface area contributed by atoms with Gasteiger partial charge >= 0.3 is 0 Å². The average molecular weight is 272 g/mol. The summed E-state index contributed by atoms with van der Waals surface area (Å²) in [7, 11) is 1.82. The molecule has 0 radical (unpaired) electrons. The van der Waals surface area contributed by atoms with Crippen molar-refractivity contribution >= 4 is 22.6 Å². The van der Waals surface area contributed by atoms with Crippen LogP contribution in [0.25, 0.3) is 10.9 Å². The zero-order valence-corrected chi connectivity index (χ0v) is 12.1. The van der Waals surface area contributed by atoms with Gasteiger partial charge in [0.2, 0.25) is 0 Å². The molecule has 20 heavy (non-hydrogen) atoms. The average Bonchev–Trinajstić information content (AvgIpc) is 2.51. The van der Waals surface area contributed by atoms with Gasteiger partial charge in [-0.2, -0.15) is 0 Å². The number of amides is 1. The summed E-state index contributed by atoms with van der Waals surface area (Å²) in [6.07, 6.45) is 0.910. The van der Waals surface area contributed by atoms with Crippen molar-refractivity contribution in [3.05, 3.63) is 35.9 Å². The largest absolute Gasteiger partial charge is 0.339 e. The molecule has 0 aliphatic heterocycles. The Hall–Kier alpha value is -2.14. The minimum atomic E-state index is -0.0190. The fourth-order valence-electron chi connectivity index (χ4n) is 2.09. The van der Waals surface area contributed by atoms with E-state index in [1.807, 2.05) is 38.2 Å². The number of benzene rings is 1.